The molecule has 0 bridgehead atoms. The van der Waals surface area contributed by atoms with Gasteiger partial charge in [0.1, 0.15) is 24.5 Å². The molecule has 2 aliphatic rings. The average molecular weight is 383 g/mol. The monoisotopic (exact) mass is 383 g/mol. The lowest BCUT2D eigenvalue weighted by Gasteiger charge is -2.43. The van der Waals surface area contributed by atoms with Crippen LogP contribution in [0.15, 0.2) is 27.2 Å². The van der Waals surface area contributed by atoms with Crippen molar-refractivity contribution in [2.24, 2.45) is 15.3 Å². The fourth-order valence-corrected chi connectivity index (χ4v) is 2.95. The van der Waals surface area contributed by atoms with Crippen molar-refractivity contribution in [3.8, 4) is 0 Å². The molecule has 1 aliphatic heterocycles. The average Bonchev–Trinajstić information content (AvgIpc) is 2.65. The molecule has 27 heavy (non-hydrogen) atoms. The highest BCUT2D eigenvalue weighted by Crippen LogP contribution is 2.37. The normalized spacial score (nSPS) is 38.3. The van der Waals surface area contributed by atoms with E-state index >= 15 is 0 Å². The van der Waals surface area contributed by atoms with E-state index < -0.39 is 49.0 Å². The molecule has 3 unspecified atom stereocenters. The molecule has 0 amide bonds. The molecule has 0 aromatic heterocycles. The van der Waals surface area contributed by atoms with Crippen molar-refractivity contribution in [3.05, 3.63) is 43.2 Å². The van der Waals surface area contributed by atoms with Crippen molar-refractivity contribution in [1.82, 2.24) is 0 Å². The van der Waals surface area contributed by atoms with E-state index in [4.69, 9.17) is 26.1 Å². The van der Waals surface area contributed by atoms with Crippen LogP contribution in [0.25, 0.3) is 31.3 Å². The fraction of sp³-hybridized carbons (Fsp3) is 0.833. The highest BCUT2D eigenvalue weighted by molar-refractivity contribution is 5.08. The molecule has 0 spiro atoms. The first-order valence-electron chi connectivity index (χ1n) is 7.77. The number of hydrogen-bond acceptors (Lipinski definition) is 9. The summed E-state index contributed by atoms with van der Waals surface area (Å²) in [4.78, 5) is 7.69. The number of nitrogens with zero attached hydrogens (tertiary/aromatic N) is 9. The summed E-state index contributed by atoms with van der Waals surface area (Å²) in [6.07, 6.45) is -6.20. The van der Waals surface area contributed by atoms with Crippen LogP contribution in [0.1, 0.15) is 12.8 Å². The maximum absolute atomic E-state index is 10.3. The van der Waals surface area contributed by atoms with E-state index in [9.17, 15) is 20.4 Å². The highest BCUT2D eigenvalue weighted by atomic mass is 16.7. The Labute approximate surface area is 151 Å². The zero-order valence-corrected chi connectivity index (χ0v) is 13.8. The first-order chi connectivity index (χ1) is 12.9. The number of hydrogen-bond donors (Lipinski definition) is 4. The Morgan fingerprint density at radius 3 is 2.41 bits per heavy atom. The van der Waals surface area contributed by atoms with Gasteiger partial charge in [-0.15, -0.1) is 0 Å². The summed E-state index contributed by atoms with van der Waals surface area (Å²) in [7, 11) is 0. The van der Waals surface area contributed by atoms with E-state index in [2.05, 4.69) is 30.1 Å². The zero-order valence-electron chi connectivity index (χ0n) is 13.8. The Morgan fingerprint density at radius 2 is 1.85 bits per heavy atom. The lowest BCUT2D eigenvalue weighted by Crippen LogP contribution is -2.57. The predicted octanol–water partition coefficient (Wildman–Crippen LogP) is 0.476. The van der Waals surface area contributed by atoms with Crippen molar-refractivity contribution in [2.75, 3.05) is 6.61 Å². The third-order valence-corrected chi connectivity index (χ3v) is 4.31. The number of aliphatic hydroxyl groups is 4. The van der Waals surface area contributed by atoms with Crippen LogP contribution < -0.4 is 0 Å². The summed E-state index contributed by atoms with van der Waals surface area (Å²) in [6, 6.07) is -1.21. The van der Waals surface area contributed by atoms with Gasteiger partial charge in [0.15, 0.2) is 5.66 Å². The van der Waals surface area contributed by atoms with Gasteiger partial charge in [0, 0.05) is 14.7 Å². The van der Waals surface area contributed by atoms with E-state index in [0.29, 0.717) is 0 Å². The molecule has 0 aromatic rings. The molecule has 6 atom stereocenters. The molecule has 15 heteroatoms. The highest BCUT2D eigenvalue weighted by Gasteiger charge is 2.50. The summed E-state index contributed by atoms with van der Waals surface area (Å²) in [6.45, 7) is -0.549. The second kappa shape index (κ2) is 8.77. The minimum atomic E-state index is -1.92. The summed E-state index contributed by atoms with van der Waals surface area (Å²) >= 11 is 0. The number of ether oxygens (including phenoxy) is 2. The van der Waals surface area contributed by atoms with E-state index in [1.54, 1.807) is 0 Å². The van der Waals surface area contributed by atoms with Gasteiger partial charge >= 0.3 is 0 Å². The topological polar surface area (TPSA) is 246 Å². The van der Waals surface area contributed by atoms with E-state index in [1.165, 1.54) is 0 Å². The molecule has 15 nitrogen and oxygen atoms in total. The van der Waals surface area contributed by atoms with Gasteiger partial charge in [-0.2, -0.15) is 0 Å². The van der Waals surface area contributed by atoms with Gasteiger partial charge in [0.25, 0.3) is 0 Å². The lowest BCUT2D eigenvalue weighted by molar-refractivity contribution is -0.227. The number of azide groups is 2. The molecule has 0 saturated heterocycles. The third kappa shape index (κ3) is 4.17. The summed E-state index contributed by atoms with van der Waals surface area (Å²) in [5.74, 6) is -0.0276. The summed E-state index contributed by atoms with van der Waals surface area (Å²) in [5.41, 5.74) is 24.0. The smallest absolute Gasteiger partial charge is 0.211 e. The number of aliphatic hydroxyl groups excluding tert-OH is 4. The van der Waals surface area contributed by atoms with Gasteiger partial charge in [0.05, 0.1) is 18.3 Å². The zero-order chi connectivity index (χ0) is 20.0. The Morgan fingerprint density at radius 1 is 1.19 bits per heavy atom. The first-order valence-corrected chi connectivity index (χ1v) is 7.77. The van der Waals surface area contributed by atoms with E-state index in [1.807, 2.05) is 0 Å². The maximum atomic E-state index is 10.3. The van der Waals surface area contributed by atoms with Crippen LogP contribution >= 0.6 is 0 Å². The van der Waals surface area contributed by atoms with Crippen molar-refractivity contribution >= 4 is 0 Å². The molecule has 4 N–H and O–H groups in total. The minimum Gasteiger partial charge on any atom is -0.466 e. The van der Waals surface area contributed by atoms with Crippen molar-refractivity contribution in [1.29, 1.82) is 0 Å². The Kier molecular flexibility index (Phi) is 6.69. The second-order valence-electron chi connectivity index (χ2n) is 5.87. The quantitative estimate of drug-likeness (QED) is 0.288. The molecule has 1 fully saturated rings. The molecule has 0 radical (unpaired) electrons. The van der Waals surface area contributed by atoms with E-state index in [-0.39, 0.29) is 18.6 Å². The molecule has 2 rings (SSSR count). The lowest BCUT2D eigenvalue weighted by atomic mass is 9.83. The molecule has 1 aliphatic carbocycles. The van der Waals surface area contributed by atoms with Gasteiger partial charge in [-0.05, 0) is 35.5 Å². The van der Waals surface area contributed by atoms with Crippen molar-refractivity contribution in [3.63, 3.8) is 0 Å². The molecular formula is C12H17N9O6. The van der Waals surface area contributed by atoms with Crippen LogP contribution in [0.3, 0.4) is 0 Å². The minimum absolute atomic E-state index is 0.0205. The molecular weight excluding hydrogens is 366 g/mol. The molecule has 0 aromatic carbocycles. The molecule has 1 saturated carbocycles. The van der Waals surface area contributed by atoms with Crippen LogP contribution in [0.4, 0.5) is 0 Å². The SMILES string of the molecule is [N-]=[N+]=N[C@H]1[C@@H](OC2CCC(N=[N+]=[N-])(N=[N+]=[N-])C(O)C2O)OC(CO)=C[C@@H]1O. The Hall–Kier alpha value is -2.73. The standard InChI is InChI=1S/C12H17N9O6/c13-19-16-8-6(23)3-5(4-22)26-11(8)27-7-1-2-12(17-20-14,18-21-15)10(25)9(7)24/h3,6-11,22-25H,1-2,4H2/t6-,7?,8+,9?,10?,11+/m0/s1. The van der Waals surface area contributed by atoms with Crippen LogP contribution in [-0.4, -0.2) is 69.4 Å². The number of rotatable bonds is 6. The fourth-order valence-electron chi connectivity index (χ4n) is 2.95. The Balaban J connectivity index is 2.22. The van der Waals surface area contributed by atoms with E-state index in [0.717, 1.165) is 6.08 Å². The van der Waals surface area contributed by atoms with Crippen LogP contribution in [0.5, 0.6) is 0 Å². The first kappa shape index (κ1) is 20.6. The van der Waals surface area contributed by atoms with Crippen LogP contribution in [-0.2, 0) is 9.47 Å². The van der Waals surface area contributed by atoms with Crippen molar-refractivity contribution in [2.45, 2.75) is 55.3 Å². The van der Waals surface area contributed by atoms with Crippen LogP contribution in [0.2, 0.25) is 0 Å². The van der Waals surface area contributed by atoms with Gasteiger partial charge in [-0.1, -0.05) is 15.3 Å². The Bertz CT molecular complexity index is 709. The summed E-state index contributed by atoms with van der Waals surface area (Å²) < 4.78 is 10.9. The maximum Gasteiger partial charge on any atom is 0.211 e. The van der Waals surface area contributed by atoms with Gasteiger partial charge in [0.2, 0.25) is 6.29 Å². The van der Waals surface area contributed by atoms with Crippen LogP contribution in [0, 0.1) is 0 Å². The van der Waals surface area contributed by atoms with Gasteiger partial charge < -0.3 is 29.9 Å². The third-order valence-electron chi connectivity index (χ3n) is 4.31. The van der Waals surface area contributed by atoms with Gasteiger partial charge in [-0.25, -0.2) is 0 Å². The summed E-state index contributed by atoms with van der Waals surface area (Å²) in [5, 5.41) is 49.8. The van der Waals surface area contributed by atoms with Crippen molar-refractivity contribution < 1.29 is 29.9 Å². The largest absolute Gasteiger partial charge is 0.466 e. The van der Waals surface area contributed by atoms with Gasteiger partial charge in [-0.3, -0.25) is 0 Å². The molecule has 146 valence electrons. The predicted molar refractivity (Wildman–Crippen MR) is 86.1 cm³/mol. The second-order valence-corrected chi connectivity index (χ2v) is 5.87. The molecule has 1 heterocycles.